The molecule has 1 aliphatic heterocycles. The molecule has 18 heavy (non-hydrogen) atoms. The van der Waals surface area contributed by atoms with E-state index in [1.165, 1.54) is 25.7 Å². The molecular formula is C17H34O. The van der Waals surface area contributed by atoms with Gasteiger partial charge < -0.3 is 4.74 Å². The monoisotopic (exact) mass is 254 g/mol. The molecule has 2 rings (SSSR count). The fraction of sp³-hybridized carbons (Fsp3) is 1.00. The van der Waals surface area contributed by atoms with E-state index in [1.807, 2.05) is 0 Å². The third kappa shape index (κ3) is 4.57. The van der Waals surface area contributed by atoms with Gasteiger partial charge in [0.05, 0.1) is 6.10 Å². The third-order valence-electron chi connectivity index (χ3n) is 5.08. The summed E-state index contributed by atoms with van der Waals surface area (Å²) in [5, 5.41) is 0. The van der Waals surface area contributed by atoms with Gasteiger partial charge in [-0.15, -0.1) is 0 Å². The van der Waals surface area contributed by atoms with Gasteiger partial charge in [0.25, 0.3) is 0 Å². The Morgan fingerprint density at radius 2 is 1.44 bits per heavy atom. The first-order chi connectivity index (χ1) is 8.43. The van der Waals surface area contributed by atoms with Crippen LogP contribution >= 0.6 is 0 Å². The fourth-order valence-electron chi connectivity index (χ4n) is 3.79. The largest absolute Gasteiger partial charge is 0.378 e. The highest BCUT2D eigenvalue weighted by Crippen LogP contribution is 2.35. The Labute approximate surface area is 115 Å². The maximum Gasteiger partial charge on any atom is 0.0578 e. The molecule has 0 aromatic carbocycles. The van der Waals surface area contributed by atoms with Crippen LogP contribution in [0.3, 0.4) is 0 Å². The first-order valence-corrected chi connectivity index (χ1v) is 8.05. The minimum atomic E-state index is 0.505. The van der Waals surface area contributed by atoms with Crippen LogP contribution in [-0.2, 0) is 4.74 Å². The Balaban J connectivity index is 0.000000180. The summed E-state index contributed by atoms with van der Waals surface area (Å²) in [7, 11) is 0. The van der Waals surface area contributed by atoms with Crippen molar-refractivity contribution >= 4 is 0 Å². The second-order valence-electron chi connectivity index (χ2n) is 7.09. The van der Waals surface area contributed by atoms with Crippen molar-refractivity contribution in [2.24, 2.45) is 29.6 Å². The predicted octanol–water partition coefficient (Wildman–Crippen LogP) is 5.15. The van der Waals surface area contributed by atoms with Gasteiger partial charge in [0.15, 0.2) is 0 Å². The van der Waals surface area contributed by atoms with Crippen LogP contribution in [0.1, 0.15) is 67.2 Å². The van der Waals surface area contributed by atoms with Gasteiger partial charge in [-0.2, -0.15) is 0 Å². The van der Waals surface area contributed by atoms with Crippen LogP contribution in [0.4, 0.5) is 0 Å². The highest BCUT2D eigenvalue weighted by Gasteiger charge is 2.26. The van der Waals surface area contributed by atoms with E-state index < -0.39 is 0 Å². The molecule has 0 aromatic heterocycles. The molecule has 1 heterocycles. The molecule has 1 nitrogen and oxygen atoms in total. The van der Waals surface area contributed by atoms with Crippen molar-refractivity contribution in [1.29, 1.82) is 0 Å². The Hall–Kier alpha value is -0.0400. The SMILES string of the molecule is CC(C)C1CCCC1C.CC(C)C1CCOC1C. The molecule has 1 heteroatoms. The van der Waals surface area contributed by atoms with E-state index in [9.17, 15) is 0 Å². The second kappa shape index (κ2) is 7.53. The number of rotatable bonds is 2. The summed E-state index contributed by atoms with van der Waals surface area (Å²) in [6.45, 7) is 14.8. The molecule has 108 valence electrons. The van der Waals surface area contributed by atoms with E-state index in [4.69, 9.17) is 4.74 Å². The smallest absolute Gasteiger partial charge is 0.0578 e. The van der Waals surface area contributed by atoms with Crippen molar-refractivity contribution in [2.45, 2.75) is 73.3 Å². The van der Waals surface area contributed by atoms with E-state index in [-0.39, 0.29) is 0 Å². The van der Waals surface area contributed by atoms with Gasteiger partial charge in [0, 0.05) is 6.61 Å². The highest BCUT2D eigenvalue weighted by molar-refractivity contribution is 4.76. The zero-order valence-corrected chi connectivity index (χ0v) is 13.4. The minimum absolute atomic E-state index is 0.505. The summed E-state index contributed by atoms with van der Waals surface area (Å²) in [6, 6.07) is 0. The Bertz CT molecular complexity index is 198. The molecule has 0 N–H and O–H groups in total. The molecule has 0 spiro atoms. The van der Waals surface area contributed by atoms with Crippen molar-refractivity contribution in [3.8, 4) is 0 Å². The van der Waals surface area contributed by atoms with E-state index in [2.05, 4.69) is 41.5 Å². The summed E-state index contributed by atoms with van der Waals surface area (Å²) in [5.74, 6) is 4.56. The van der Waals surface area contributed by atoms with Crippen molar-refractivity contribution in [3.63, 3.8) is 0 Å². The molecule has 2 aliphatic rings. The lowest BCUT2D eigenvalue weighted by Crippen LogP contribution is -2.16. The highest BCUT2D eigenvalue weighted by atomic mass is 16.5. The normalized spacial score (nSPS) is 36.0. The number of ether oxygens (including phenoxy) is 1. The molecular weight excluding hydrogens is 220 g/mol. The maximum atomic E-state index is 5.43. The molecule has 0 amide bonds. The lowest BCUT2D eigenvalue weighted by atomic mass is 9.87. The zero-order chi connectivity index (χ0) is 13.7. The molecule has 0 radical (unpaired) electrons. The van der Waals surface area contributed by atoms with Crippen LogP contribution in [0.15, 0.2) is 0 Å². The molecule has 1 aliphatic carbocycles. The Morgan fingerprint density at radius 3 is 1.67 bits per heavy atom. The minimum Gasteiger partial charge on any atom is -0.378 e. The van der Waals surface area contributed by atoms with E-state index in [0.29, 0.717) is 6.10 Å². The Kier molecular flexibility index (Phi) is 6.70. The molecule has 4 atom stereocenters. The average molecular weight is 254 g/mol. The van der Waals surface area contributed by atoms with Crippen LogP contribution < -0.4 is 0 Å². The van der Waals surface area contributed by atoms with Gasteiger partial charge in [0.2, 0.25) is 0 Å². The molecule has 2 fully saturated rings. The van der Waals surface area contributed by atoms with Gasteiger partial charge in [0.1, 0.15) is 0 Å². The second-order valence-corrected chi connectivity index (χ2v) is 7.09. The lowest BCUT2D eigenvalue weighted by molar-refractivity contribution is 0.0946. The van der Waals surface area contributed by atoms with Crippen LogP contribution in [-0.4, -0.2) is 12.7 Å². The Morgan fingerprint density at radius 1 is 0.833 bits per heavy atom. The van der Waals surface area contributed by atoms with Crippen molar-refractivity contribution in [1.82, 2.24) is 0 Å². The quantitative estimate of drug-likeness (QED) is 0.662. The van der Waals surface area contributed by atoms with Gasteiger partial charge in [-0.1, -0.05) is 47.5 Å². The summed E-state index contributed by atoms with van der Waals surface area (Å²) < 4.78 is 5.43. The zero-order valence-electron chi connectivity index (χ0n) is 13.4. The summed E-state index contributed by atoms with van der Waals surface area (Å²) in [4.78, 5) is 0. The van der Waals surface area contributed by atoms with Crippen molar-refractivity contribution in [2.75, 3.05) is 6.61 Å². The van der Waals surface area contributed by atoms with Gasteiger partial charge in [-0.05, 0) is 49.4 Å². The topological polar surface area (TPSA) is 9.23 Å². The van der Waals surface area contributed by atoms with Crippen LogP contribution in [0.2, 0.25) is 0 Å². The first-order valence-electron chi connectivity index (χ1n) is 8.05. The standard InChI is InChI=1S/C9H18.C8H16O/c1-7(2)9-6-4-5-8(9)3;1-6(2)8-4-5-9-7(8)3/h7-9H,4-6H2,1-3H3;6-8H,4-5H2,1-3H3. The summed E-state index contributed by atoms with van der Waals surface area (Å²) >= 11 is 0. The van der Waals surface area contributed by atoms with Crippen LogP contribution in [0.5, 0.6) is 0 Å². The van der Waals surface area contributed by atoms with E-state index >= 15 is 0 Å². The summed E-state index contributed by atoms with van der Waals surface area (Å²) in [6.07, 6.45) is 6.20. The molecule has 4 unspecified atom stereocenters. The lowest BCUT2D eigenvalue weighted by Gasteiger charge is -2.18. The first kappa shape index (κ1) is 16.0. The third-order valence-corrected chi connectivity index (χ3v) is 5.08. The average Bonchev–Trinajstić information content (AvgIpc) is 2.87. The molecule has 0 bridgehead atoms. The van der Waals surface area contributed by atoms with E-state index in [1.54, 1.807) is 0 Å². The fourth-order valence-corrected chi connectivity index (χ4v) is 3.79. The van der Waals surface area contributed by atoms with Gasteiger partial charge in [-0.3, -0.25) is 0 Å². The number of hydrogen-bond donors (Lipinski definition) is 0. The van der Waals surface area contributed by atoms with Crippen molar-refractivity contribution < 1.29 is 4.74 Å². The summed E-state index contributed by atoms with van der Waals surface area (Å²) in [5.41, 5.74) is 0. The van der Waals surface area contributed by atoms with E-state index in [0.717, 1.165) is 36.2 Å². The van der Waals surface area contributed by atoms with Gasteiger partial charge >= 0.3 is 0 Å². The number of hydrogen-bond acceptors (Lipinski definition) is 1. The molecule has 0 aromatic rings. The molecule has 1 saturated carbocycles. The van der Waals surface area contributed by atoms with Crippen LogP contribution in [0.25, 0.3) is 0 Å². The van der Waals surface area contributed by atoms with Crippen molar-refractivity contribution in [3.05, 3.63) is 0 Å². The van der Waals surface area contributed by atoms with Gasteiger partial charge in [-0.25, -0.2) is 0 Å². The molecule has 1 saturated heterocycles. The maximum absolute atomic E-state index is 5.43. The van der Waals surface area contributed by atoms with Crippen LogP contribution in [0, 0.1) is 29.6 Å². The predicted molar refractivity (Wildman–Crippen MR) is 79.7 cm³/mol.